The van der Waals surface area contributed by atoms with Crippen LogP contribution >= 0.6 is 11.8 Å². The second kappa shape index (κ2) is 9.33. The van der Waals surface area contributed by atoms with Gasteiger partial charge in [0.25, 0.3) is 5.89 Å². The number of hydrogen-bond acceptors (Lipinski definition) is 8. The van der Waals surface area contributed by atoms with Gasteiger partial charge in [-0.3, -0.25) is 4.79 Å². The molecule has 0 aliphatic carbocycles. The van der Waals surface area contributed by atoms with Crippen molar-refractivity contribution in [3.05, 3.63) is 53.8 Å². The highest BCUT2D eigenvalue weighted by Gasteiger charge is 2.24. The van der Waals surface area contributed by atoms with E-state index >= 15 is 0 Å². The Morgan fingerprint density at radius 2 is 2.03 bits per heavy atom. The third-order valence-corrected chi connectivity index (χ3v) is 5.58. The lowest BCUT2D eigenvalue weighted by Crippen LogP contribution is -2.21. The zero-order chi connectivity index (χ0) is 23.5. The van der Waals surface area contributed by atoms with Crippen LogP contribution in [0.1, 0.15) is 5.56 Å². The van der Waals surface area contributed by atoms with Gasteiger partial charge in [0.15, 0.2) is 0 Å². The van der Waals surface area contributed by atoms with Gasteiger partial charge in [-0.25, -0.2) is 9.07 Å². The van der Waals surface area contributed by atoms with Gasteiger partial charge in [0, 0.05) is 11.3 Å². The molecule has 170 valence electrons. The number of nitrogens with two attached hydrogens (primary N) is 1. The number of aromatic nitrogens is 4. The number of methoxy groups -OCH3 is 1. The molecule has 4 aromatic rings. The Bertz CT molecular complexity index is 1300. The van der Waals surface area contributed by atoms with Crippen LogP contribution in [0.25, 0.3) is 22.8 Å². The molecule has 2 heterocycles. The fourth-order valence-corrected chi connectivity index (χ4v) is 3.73. The number of rotatable bonds is 7. The minimum Gasteiger partial charge on any atom is -0.497 e. The van der Waals surface area contributed by atoms with Crippen molar-refractivity contribution >= 4 is 29.2 Å². The molecule has 4 rings (SSSR count). The second-order valence-corrected chi connectivity index (χ2v) is 7.88. The number of nitrogens with one attached hydrogen (secondary N) is 1. The number of halogens is 1. The molecular formula is C22H21FN6O3S. The molecule has 3 N–H and O–H groups in total. The van der Waals surface area contributed by atoms with Gasteiger partial charge in [0.2, 0.25) is 11.7 Å². The summed E-state index contributed by atoms with van der Waals surface area (Å²) in [6, 6.07) is 11.4. The molecule has 1 amide bonds. The van der Waals surface area contributed by atoms with E-state index in [2.05, 4.69) is 20.6 Å². The quantitative estimate of drug-likeness (QED) is 0.391. The molecule has 0 radical (unpaired) electrons. The lowest BCUT2D eigenvalue weighted by Gasteiger charge is -2.09. The van der Waals surface area contributed by atoms with Gasteiger partial charge in [-0.1, -0.05) is 11.2 Å². The van der Waals surface area contributed by atoms with Crippen LogP contribution < -0.4 is 15.8 Å². The maximum Gasteiger partial charge on any atom is 0.264 e. The van der Waals surface area contributed by atoms with E-state index in [9.17, 15) is 9.18 Å². The Morgan fingerprint density at radius 1 is 1.27 bits per heavy atom. The standard InChI is InChI=1S/C22H21FN6O3S/c1-12-4-7-14(23)10-16(12)25-17(30)11-29-19(24)18(22(27-29)33-3)21-26-20(28-32-21)13-5-8-15(31-2)9-6-13/h4-10H,11,24H2,1-3H3,(H,25,30). The number of aryl methyl sites for hydroxylation is 1. The molecule has 2 aromatic heterocycles. The zero-order valence-corrected chi connectivity index (χ0v) is 18.9. The molecule has 9 nitrogen and oxygen atoms in total. The van der Waals surface area contributed by atoms with E-state index in [-0.39, 0.29) is 18.3 Å². The normalized spacial score (nSPS) is 10.9. The molecule has 0 atom stereocenters. The van der Waals surface area contributed by atoms with Crippen molar-refractivity contribution < 1.29 is 18.4 Å². The van der Waals surface area contributed by atoms with E-state index in [0.29, 0.717) is 27.9 Å². The van der Waals surface area contributed by atoms with Gasteiger partial charge in [-0.2, -0.15) is 10.1 Å². The minimum atomic E-state index is -0.439. The zero-order valence-electron chi connectivity index (χ0n) is 18.1. The van der Waals surface area contributed by atoms with Crippen LogP contribution in [0, 0.1) is 12.7 Å². The van der Waals surface area contributed by atoms with Crippen molar-refractivity contribution in [1.29, 1.82) is 0 Å². The molecular weight excluding hydrogens is 447 g/mol. The highest BCUT2D eigenvalue weighted by Crippen LogP contribution is 2.35. The van der Waals surface area contributed by atoms with E-state index in [4.69, 9.17) is 15.0 Å². The minimum absolute atomic E-state index is 0.172. The van der Waals surface area contributed by atoms with Crippen molar-refractivity contribution in [2.45, 2.75) is 18.5 Å². The summed E-state index contributed by atoms with van der Waals surface area (Å²) in [5.74, 6) is 0.647. The number of nitrogens with zero attached hydrogens (tertiary/aromatic N) is 4. The van der Waals surface area contributed by atoms with Crippen molar-refractivity contribution in [3.63, 3.8) is 0 Å². The number of hydrogen-bond donors (Lipinski definition) is 2. The van der Waals surface area contributed by atoms with Crippen LogP contribution in [0.4, 0.5) is 15.9 Å². The summed E-state index contributed by atoms with van der Waals surface area (Å²) in [7, 11) is 1.59. The van der Waals surface area contributed by atoms with Gasteiger partial charge in [0.05, 0.1) is 7.11 Å². The van der Waals surface area contributed by atoms with E-state index in [1.54, 1.807) is 32.2 Å². The topological polar surface area (TPSA) is 121 Å². The summed E-state index contributed by atoms with van der Waals surface area (Å²) in [4.78, 5) is 17.0. The summed E-state index contributed by atoms with van der Waals surface area (Å²) < 4.78 is 25.5. The number of carbonyl (C=O) groups excluding carboxylic acids is 1. The van der Waals surface area contributed by atoms with Gasteiger partial charge < -0.3 is 20.3 Å². The predicted molar refractivity (Wildman–Crippen MR) is 123 cm³/mol. The van der Waals surface area contributed by atoms with Crippen LogP contribution in [0.2, 0.25) is 0 Å². The Kier molecular flexibility index (Phi) is 6.31. The lowest BCUT2D eigenvalue weighted by atomic mass is 10.2. The maximum absolute atomic E-state index is 13.5. The number of ether oxygens (including phenoxy) is 1. The molecule has 0 fully saturated rings. The first-order valence-electron chi connectivity index (χ1n) is 9.84. The van der Waals surface area contributed by atoms with Gasteiger partial charge in [-0.05, 0) is 55.1 Å². The monoisotopic (exact) mass is 468 g/mol. The molecule has 11 heteroatoms. The Labute approximate surface area is 193 Å². The number of amides is 1. The number of benzene rings is 2. The Morgan fingerprint density at radius 3 is 2.73 bits per heavy atom. The van der Waals surface area contributed by atoms with Crippen LogP contribution in [-0.2, 0) is 11.3 Å². The molecule has 2 aromatic carbocycles. The van der Waals surface area contributed by atoms with Crippen LogP contribution in [0.5, 0.6) is 5.75 Å². The van der Waals surface area contributed by atoms with Crippen LogP contribution in [0.15, 0.2) is 52.0 Å². The first-order valence-corrected chi connectivity index (χ1v) is 11.1. The molecule has 0 bridgehead atoms. The molecule has 0 aliphatic rings. The van der Waals surface area contributed by atoms with E-state index in [1.807, 2.05) is 18.4 Å². The smallest absolute Gasteiger partial charge is 0.264 e. The van der Waals surface area contributed by atoms with Crippen molar-refractivity contribution in [3.8, 4) is 28.6 Å². The average Bonchev–Trinajstić information content (AvgIpc) is 3.41. The van der Waals surface area contributed by atoms with Crippen molar-refractivity contribution in [1.82, 2.24) is 19.9 Å². The largest absolute Gasteiger partial charge is 0.497 e. The highest BCUT2D eigenvalue weighted by molar-refractivity contribution is 7.98. The van der Waals surface area contributed by atoms with Gasteiger partial charge in [-0.15, -0.1) is 11.8 Å². The first-order chi connectivity index (χ1) is 15.9. The molecule has 0 unspecified atom stereocenters. The molecule has 0 aliphatic heterocycles. The van der Waals surface area contributed by atoms with Crippen molar-refractivity contribution in [2.75, 3.05) is 24.4 Å². The predicted octanol–water partition coefficient (Wildman–Crippen LogP) is 4.00. The maximum atomic E-state index is 13.5. The van der Waals surface area contributed by atoms with E-state index in [0.717, 1.165) is 11.1 Å². The molecule has 0 saturated carbocycles. The van der Waals surface area contributed by atoms with Gasteiger partial charge in [0.1, 0.15) is 34.5 Å². The number of nitrogen functional groups attached to an aromatic ring is 1. The number of anilines is 2. The molecule has 0 spiro atoms. The van der Waals surface area contributed by atoms with Crippen LogP contribution in [-0.4, -0.2) is 39.2 Å². The fourth-order valence-electron chi connectivity index (χ4n) is 3.15. The summed E-state index contributed by atoms with van der Waals surface area (Å²) in [6.45, 7) is 1.60. The fraction of sp³-hybridized carbons (Fsp3) is 0.182. The third kappa shape index (κ3) is 4.67. The molecule has 33 heavy (non-hydrogen) atoms. The SMILES string of the molecule is COc1ccc(-c2noc(-c3c(SC)nn(CC(=O)Nc4cc(F)ccc4C)c3N)n2)cc1. The van der Waals surface area contributed by atoms with E-state index in [1.165, 1.54) is 28.6 Å². The highest BCUT2D eigenvalue weighted by atomic mass is 32.2. The first kappa shape index (κ1) is 22.3. The van der Waals surface area contributed by atoms with E-state index < -0.39 is 11.7 Å². The molecule has 0 saturated heterocycles. The summed E-state index contributed by atoms with van der Waals surface area (Å²) in [5.41, 5.74) is 8.61. The van der Waals surface area contributed by atoms with Crippen LogP contribution in [0.3, 0.4) is 0 Å². The lowest BCUT2D eigenvalue weighted by molar-refractivity contribution is -0.116. The van der Waals surface area contributed by atoms with Crippen molar-refractivity contribution in [2.24, 2.45) is 0 Å². The number of carbonyl (C=O) groups is 1. The summed E-state index contributed by atoms with van der Waals surface area (Å²) in [5, 5.41) is 11.7. The Hall–Kier alpha value is -3.86. The second-order valence-electron chi connectivity index (χ2n) is 7.09. The third-order valence-electron chi connectivity index (χ3n) is 4.91. The average molecular weight is 469 g/mol. The Balaban J connectivity index is 1.58. The van der Waals surface area contributed by atoms with Gasteiger partial charge >= 0.3 is 0 Å². The summed E-state index contributed by atoms with van der Waals surface area (Å²) >= 11 is 1.33. The number of thioether (sulfide) groups is 1. The summed E-state index contributed by atoms with van der Waals surface area (Å²) in [6.07, 6.45) is 1.83.